The van der Waals surface area contributed by atoms with E-state index >= 15 is 0 Å². The first kappa shape index (κ1) is 24.1. The standard InChI is InChI=1S/C27H25BrN4O4/c1-2-36-27(35)21-16-20-23(29-22-13-6-7-14-31(22)26(20)34)32(19-11-4-3-5-12-19)24(21)30-25(33)17-9-8-10-18(28)15-17/h6-10,13-16,19H,2-5,11-12H2,1H3. The van der Waals surface area contributed by atoms with Crippen LogP contribution in [0.3, 0.4) is 0 Å². The van der Waals surface area contributed by atoms with Gasteiger partial charge in [-0.15, -0.1) is 0 Å². The summed E-state index contributed by atoms with van der Waals surface area (Å²) < 4.78 is 9.35. The molecule has 0 aliphatic heterocycles. The highest BCUT2D eigenvalue weighted by Crippen LogP contribution is 2.29. The fourth-order valence-electron chi connectivity index (χ4n) is 4.78. The van der Waals surface area contributed by atoms with Gasteiger partial charge in [0.15, 0.2) is 5.49 Å². The summed E-state index contributed by atoms with van der Waals surface area (Å²) in [4.78, 5) is 49.2. The van der Waals surface area contributed by atoms with Gasteiger partial charge in [-0.25, -0.2) is 9.78 Å². The number of aromatic nitrogens is 3. The van der Waals surface area contributed by atoms with Crippen LogP contribution < -0.4 is 11.0 Å². The van der Waals surface area contributed by atoms with Crippen LogP contribution in [0.15, 0.2) is 69.0 Å². The maximum Gasteiger partial charge on any atom is 0.341 e. The molecule has 36 heavy (non-hydrogen) atoms. The minimum Gasteiger partial charge on any atom is -0.462 e. The number of carbonyl (C=O) groups excluding carboxylic acids is 2. The molecule has 0 spiro atoms. The number of pyridine rings is 2. The van der Waals surface area contributed by atoms with E-state index in [1.165, 1.54) is 10.5 Å². The quantitative estimate of drug-likeness (QED) is 0.268. The van der Waals surface area contributed by atoms with Crippen LogP contribution in [0.5, 0.6) is 0 Å². The fourth-order valence-corrected chi connectivity index (χ4v) is 5.18. The summed E-state index contributed by atoms with van der Waals surface area (Å²) in [5.74, 6) is -1.13. The summed E-state index contributed by atoms with van der Waals surface area (Å²) in [6.07, 6.45) is 6.40. The Hall–Kier alpha value is -3.59. The van der Waals surface area contributed by atoms with E-state index in [-0.39, 0.29) is 34.6 Å². The fraction of sp³-hybridized carbons (Fsp3) is 0.296. The van der Waals surface area contributed by atoms with Gasteiger partial charge in [-0.2, -0.15) is 4.99 Å². The van der Waals surface area contributed by atoms with Crippen molar-refractivity contribution >= 4 is 44.5 Å². The lowest BCUT2D eigenvalue weighted by molar-refractivity contribution is 0.0523. The monoisotopic (exact) mass is 548 g/mol. The van der Waals surface area contributed by atoms with Gasteiger partial charge in [0.2, 0.25) is 0 Å². The SMILES string of the molecule is CCOC(=O)c1cc2c(=O)n3ccccc3nc2n(C2CCCCC2)c1=NC(=O)c1cccc(Br)c1. The summed E-state index contributed by atoms with van der Waals surface area (Å²) in [7, 11) is 0. The number of benzene rings is 1. The van der Waals surface area contributed by atoms with E-state index < -0.39 is 11.9 Å². The van der Waals surface area contributed by atoms with Gasteiger partial charge in [0.05, 0.1) is 12.0 Å². The van der Waals surface area contributed by atoms with E-state index in [1.54, 1.807) is 43.5 Å². The molecule has 8 nitrogen and oxygen atoms in total. The minimum atomic E-state index is -0.637. The molecule has 3 heterocycles. The first-order valence-electron chi connectivity index (χ1n) is 12.1. The number of hydrogen-bond acceptors (Lipinski definition) is 5. The number of hydrogen-bond donors (Lipinski definition) is 0. The van der Waals surface area contributed by atoms with E-state index in [9.17, 15) is 14.4 Å². The van der Waals surface area contributed by atoms with Gasteiger partial charge in [0.25, 0.3) is 11.5 Å². The molecule has 0 radical (unpaired) electrons. The molecule has 1 aromatic carbocycles. The van der Waals surface area contributed by atoms with Gasteiger partial charge in [-0.1, -0.05) is 47.3 Å². The average Bonchev–Trinajstić information content (AvgIpc) is 2.89. The Morgan fingerprint density at radius 2 is 1.92 bits per heavy atom. The van der Waals surface area contributed by atoms with E-state index in [0.717, 1.165) is 36.6 Å². The number of amides is 1. The third kappa shape index (κ3) is 4.51. The van der Waals surface area contributed by atoms with E-state index in [0.29, 0.717) is 16.9 Å². The Bertz CT molecular complexity index is 1620. The smallest absolute Gasteiger partial charge is 0.341 e. The topological polar surface area (TPSA) is 95.0 Å². The normalized spacial score (nSPS) is 14.9. The van der Waals surface area contributed by atoms with Gasteiger partial charge < -0.3 is 9.30 Å². The maximum absolute atomic E-state index is 13.5. The van der Waals surface area contributed by atoms with Gasteiger partial charge in [-0.05, 0) is 56.2 Å². The van der Waals surface area contributed by atoms with Gasteiger partial charge >= 0.3 is 5.97 Å². The van der Waals surface area contributed by atoms with Crippen molar-refractivity contribution in [3.05, 3.63) is 86.2 Å². The van der Waals surface area contributed by atoms with E-state index in [2.05, 4.69) is 20.9 Å². The lowest BCUT2D eigenvalue weighted by Crippen LogP contribution is -2.35. The minimum absolute atomic E-state index is 0.0669. The number of rotatable bonds is 4. The van der Waals surface area contributed by atoms with Gasteiger partial charge in [0, 0.05) is 22.3 Å². The van der Waals surface area contributed by atoms with Crippen molar-refractivity contribution in [2.24, 2.45) is 4.99 Å². The molecule has 1 aliphatic carbocycles. The van der Waals surface area contributed by atoms with E-state index in [1.807, 2.05) is 16.7 Å². The Labute approximate surface area is 215 Å². The number of carbonyl (C=O) groups is 2. The average molecular weight is 549 g/mol. The zero-order valence-corrected chi connectivity index (χ0v) is 21.4. The van der Waals surface area contributed by atoms with Crippen LogP contribution in [0, 0.1) is 0 Å². The molecule has 0 bridgehead atoms. The summed E-state index contributed by atoms with van der Waals surface area (Å²) in [6.45, 7) is 1.86. The Kier molecular flexibility index (Phi) is 6.82. The molecule has 9 heteroatoms. The van der Waals surface area contributed by atoms with Gasteiger partial charge in [0.1, 0.15) is 16.9 Å². The van der Waals surface area contributed by atoms with Crippen LogP contribution in [0.25, 0.3) is 16.7 Å². The zero-order valence-electron chi connectivity index (χ0n) is 19.8. The van der Waals surface area contributed by atoms with Crippen molar-refractivity contribution < 1.29 is 14.3 Å². The zero-order chi connectivity index (χ0) is 25.2. The van der Waals surface area contributed by atoms with Crippen molar-refractivity contribution in [1.82, 2.24) is 14.0 Å². The second-order valence-electron chi connectivity index (χ2n) is 8.77. The molecule has 3 aromatic heterocycles. The number of nitrogens with zero attached hydrogens (tertiary/aromatic N) is 4. The van der Waals surface area contributed by atoms with Crippen molar-refractivity contribution in [3.63, 3.8) is 0 Å². The van der Waals surface area contributed by atoms with Crippen LogP contribution in [-0.4, -0.2) is 32.4 Å². The molecule has 0 saturated heterocycles. The number of halogens is 1. The van der Waals surface area contributed by atoms with Crippen molar-refractivity contribution in [2.75, 3.05) is 6.61 Å². The first-order chi connectivity index (χ1) is 17.5. The molecule has 1 amide bonds. The highest BCUT2D eigenvalue weighted by molar-refractivity contribution is 9.10. The molecular weight excluding hydrogens is 524 g/mol. The molecule has 1 saturated carbocycles. The van der Waals surface area contributed by atoms with Crippen molar-refractivity contribution in [3.8, 4) is 0 Å². The van der Waals surface area contributed by atoms with Gasteiger partial charge in [-0.3, -0.25) is 14.0 Å². The van der Waals surface area contributed by atoms with Crippen molar-refractivity contribution in [1.29, 1.82) is 0 Å². The molecule has 1 aliphatic rings. The van der Waals surface area contributed by atoms with Crippen LogP contribution in [0.2, 0.25) is 0 Å². The van der Waals surface area contributed by atoms with E-state index in [4.69, 9.17) is 9.72 Å². The second-order valence-corrected chi connectivity index (χ2v) is 9.69. The van der Waals surface area contributed by atoms with Crippen LogP contribution >= 0.6 is 15.9 Å². The van der Waals surface area contributed by atoms with Crippen molar-refractivity contribution in [2.45, 2.75) is 45.1 Å². The molecule has 0 atom stereocenters. The second kappa shape index (κ2) is 10.2. The van der Waals surface area contributed by atoms with Crippen LogP contribution in [0.4, 0.5) is 0 Å². The molecule has 0 unspecified atom stereocenters. The molecule has 184 valence electrons. The summed E-state index contributed by atoms with van der Waals surface area (Å²) >= 11 is 3.39. The molecule has 5 rings (SSSR count). The number of fused-ring (bicyclic) bond motifs is 2. The summed E-state index contributed by atoms with van der Waals surface area (Å²) in [5, 5.41) is 0.279. The van der Waals surface area contributed by atoms with Crippen LogP contribution in [0.1, 0.15) is 65.8 Å². The summed E-state index contributed by atoms with van der Waals surface area (Å²) in [6, 6.07) is 13.7. The number of esters is 1. The Morgan fingerprint density at radius 1 is 1.11 bits per heavy atom. The highest BCUT2D eigenvalue weighted by atomic mass is 79.9. The maximum atomic E-state index is 13.5. The third-order valence-electron chi connectivity index (χ3n) is 6.45. The molecule has 1 fully saturated rings. The lowest BCUT2D eigenvalue weighted by atomic mass is 9.94. The predicted octanol–water partition coefficient (Wildman–Crippen LogP) is 4.83. The molecule has 0 N–H and O–H groups in total. The Balaban J connectivity index is 1.90. The molecular formula is C27H25BrN4O4. The largest absolute Gasteiger partial charge is 0.462 e. The molecule has 4 aromatic rings. The number of ether oxygens (including phenoxy) is 1. The van der Waals surface area contributed by atoms with Crippen LogP contribution in [-0.2, 0) is 4.74 Å². The Morgan fingerprint density at radius 3 is 2.67 bits per heavy atom. The highest BCUT2D eigenvalue weighted by Gasteiger charge is 2.25. The third-order valence-corrected chi connectivity index (χ3v) is 6.94. The lowest BCUT2D eigenvalue weighted by Gasteiger charge is -2.27. The summed E-state index contributed by atoms with van der Waals surface area (Å²) in [5.41, 5.74) is 1.22. The first-order valence-corrected chi connectivity index (χ1v) is 12.9. The predicted molar refractivity (Wildman–Crippen MR) is 139 cm³/mol.